The van der Waals surface area contributed by atoms with E-state index in [1.165, 1.54) is 0 Å². The molecule has 0 fully saturated rings. The maximum atomic E-state index is 11.8. The Hall–Kier alpha value is -2.37. The molecule has 0 aromatic carbocycles. The van der Waals surface area contributed by atoms with Gasteiger partial charge in [-0.25, -0.2) is 9.97 Å². The van der Waals surface area contributed by atoms with Crippen molar-refractivity contribution in [3.05, 3.63) is 42.2 Å². The summed E-state index contributed by atoms with van der Waals surface area (Å²) in [6.07, 6.45) is 5.15. The topological polar surface area (TPSA) is 71.8 Å². The first-order valence-corrected chi connectivity index (χ1v) is 5.59. The van der Waals surface area contributed by atoms with Gasteiger partial charge in [0.2, 0.25) is 0 Å². The summed E-state index contributed by atoms with van der Waals surface area (Å²) in [4.78, 5) is 20.0. The highest BCUT2D eigenvalue weighted by atomic mass is 16.1. The van der Waals surface area contributed by atoms with Crippen molar-refractivity contribution in [3.63, 3.8) is 0 Å². The Kier molecular flexibility index (Phi) is 3.57. The number of nitrogens with one attached hydrogen (secondary N) is 2. The average Bonchev–Trinajstić information content (AvgIpc) is 2.81. The maximum Gasteiger partial charge on any atom is 0.270 e. The number of carbonyl (C=O) groups excluding carboxylic acids is 1. The predicted octanol–water partition coefficient (Wildman–Crippen LogP) is 0.787. The Balaban J connectivity index is 1.97. The lowest BCUT2D eigenvalue weighted by atomic mass is 10.3. The van der Waals surface area contributed by atoms with Gasteiger partial charge in [-0.05, 0) is 12.1 Å². The van der Waals surface area contributed by atoms with Crippen LogP contribution in [0.1, 0.15) is 16.3 Å². The van der Waals surface area contributed by atoms with Crippen LogP contribution >= 0.6 is 0 Å². The summed E-state index contributed by atoms with van der Waals surface area (Å²) >= 11 is 0. The van der Waals surface area contributed by atoms with Crippen molar-refractivity contribution in [2.45, 2.75) is 6.54 Å². The highest BCUT2D eigenvalue weighted by Crippen LogP contribution is 2.04. The largest absolute Gasteiger partial charge is 0.387 e. The summed E-state index contributed by atoms with van der Waals surface area (Å²) in [6.45, 7) is 0.387. The molecule has 2 heterocycles. The number of nitrogens with zero attached hydrogens (tertiary/aromatic N) is 3. The van der Waals surface area contributed by atoms with Crippen molar-refractivity contribution in [1.82, 2.24) is 19.9 Å². The van der Waals surface area contributed by atoms with Gasteiger partial charge in [-0.2, -0.15) is 0 Å². The second kappa shape index (κ2) is 5.31. The molecule has 6 nitrogen and oxygen atoms in total. The SMILES string of the molecule is CNc1ccc(C(=O)NCc2nccn2C)nc1. The van der Waals surface area contributed by atoms with Crippen LogP contribution in [0.15, 0.2) is 30.7 Å². The quantitative estimate of drug-likeness (QED) is 0.835. The minimum atomic E-state index is -0.208. The number of hydrogen-bond donors (Lipinski definition) is 2. The standard InChI is InChI=1S/C12H15N5O/c1-13-9-3-4-10(15-7-9)12(18)16-8-11-14-5-6-17(11)2/h3-7,13H,8H2,1-2H3,(H,16,18). The number of imidazole rings is 1. The lowest BCUT2D eigenvalue weighted by Crippen LogP contribution is -2.25. The number of rotatable bonds is 4. The van der Waals surface area contributed by atoms with Crippen LogP contribution < -0.4 is 10.6 Å². The molecule has 2 aromatic rings. The number of amides is 1. The zero-order valence-corrected chi connectivity index (χ0v) is 10.3. The van der Waals surface area contributed by atoms with Gasteiger partial charge in [-0.3, -0.25) is 4.79 Å². The van der Waals surface area contributed by atoms with Crippen LogP contribution in [0, 0.1) is 0 Å². The molecule has 94 valence electrons. The molecule has 0 radical (unpaired) electrons. The Bertz CT molecular complexity index is 532. The molecular weight excluding hydrogens is 230 g/mol. The molecule has 18 heavy (non-hydrogen) atoms. The fraction of sp³-hybridized carbons (Fsp3) is 0.250. The molecule has 1 amide bonds. The average molecular weight is 245 g/mol. The summed E-state index contributed by atoms with van der Waals surface area (Å²) in [6, 6.07) is 3.49. The Labute approximate surface area is 105 Å². The van der Waals surface area contributed by atoms with Gasteiger partial charge < -0.3 is 15.2 Å². The molecule has 0 aliphatic heterocycles. The minimum absolute atomic E-state index is 0.208. The smallest absolute Gasteiger partial charge is 0.270 e. The van der Waals surface area contributed by atoms with E-state index in [0.717, 1.165) is 11.5 Å². The van der Waals surface area contributed by atoms with Gasteiger partial charge in [0.15, 0.2) is 0 Å². The van der Waals surface area contributed by atoms with Crippen molar-refractivity contribution >= 4 is 11.6 Å². The second-order valence-electron chi connectivity index (χ2n) is 3.82. The molecule has 0 aliphatic carbocycles. The summed E-state index contributed by atoms with van der Waals surface area (Å²) < 4.78 is 1.86. The number of aryl methyl sites for hydroxylation is 1. The number of pyridine rings is 1. The van der Waals surface area contributed by atoms with Crippen LogP contribution in [0.25, 0.3) is 0 Å². The molecule has 0 unspecified atom stereocenters. The molecule has 2 rings (SSSR count). The van der Waals surface area contributed by atoms with Crippen LogP contribution in [-0.4, -0.2) is 27.5 Å². The fourth-order valence-corrected chi connectivity index (χ4v) is 1.49. The predicted molar refractivity (Wildman–Crippen MR) is 68.2 cm³/mol. The van der Waals surface area contributed by atoms with Crippen LogP contribution in [0.5, 0.6) is 0 Å². The molecule has 0 bridgehead atoms. The number of hydrogen-bond acceptors (Lipinski definition) is 4. The van der Waals surface area contributed by atoms with Crippen LogP contribution in [0.3, 0.4) is 0 Å². The van der Waals surface area contributed by atoms with E-state index in [9.17, 15) is 4.79 Å². The molecule has 0 spiro atoms. The molecule has 0 atom stereocenters. The van der Waals surface area contributed by atoms with Gasteiger partial charge in [-0.1, -0.05) is 0 Å². The molecule has 0 saturated heterocycles. The van der Waals surface area contributed by atoms with E-state index in [1.54, 1.807) is 25.5 Å². The monoisotopic (exact) mass is 245 g/mol. The molecular formula is C12H15N5O. The van der Waals surface area contributed by atoms with Crippen molar-refractivity contribution in [2.24, 2.45) is 7.05 Å². The van der Waals surface area contributed by atoms with E-state index in [2.05, 4.69) is 20.6 Å². The second-order valence-corrected chi connectivity index (χ2v) is 3.82. The minimum Gasteiger partial charge on any atom is -0.387 e. The van der Waals surface area contributed by atoms with Crippen LogP contribution in [0.4, 0.5) is 5.69 Å². The summed E-state index contributed by atoms with van der Waals surface area (Å²) in [5.41, 5.74) is 1.26. The molecule has 6 heteroatoms. The van der Waals surface area contributed by atoms with Gasteiger partial charge in [0, 0.05) is 26.5 Å². The first-order chi connectivity index (χ1) is 8.70. The van der Waals surface area contributed by atoms with Crippen molar-refractivity contribution in [1.29, 1.82) is 0 Å². The van der Waals surface area contributed by atoms with E-state index in [4.69, 9.17) is 0 Å². The number of aromatic nitrogens is 3. The van der Waals surface area contributed by atoms with Crippen molar-refractivity contribution in [2.75, 3.05) is 12.4 Å². The fourth-order valence-electron chi connectivity index (χ4n) is 1.49. The zero-order chi connectivity index (χ0) is 13.0. The molecule has 2 aromatic heterocycles. The first-order valence-electron chi connectivity index (χ1n) is 5.59. The molecule has 2 N–H and O–H groups in total. The summed E-state index contributed by atoms with van der Waals surface area (Å²) in [5, 5.41) is 5.72. The van der Waals surface area contributed by atoms with Crippen molar-refractivity contribution in [3.8, 4) is 0 Å². The Morgan fingerprint density at radius 2 is 2.22 bits per heavy atom. The number of carbonyl (C=O) groups is 1. The van der Waals surface area contributed by atoms with Crippen molar-refractivity contribution < 1.29 is 4.79 Å². The van der Waals surface area contributed by atoms with Gasteiger partial charge in [-0.15, -0.1) is 0 Å². The van der Waals surface area contributed by atoms with Crippen LogP contribution in [0.2, 0.25) is 0 Å². The first kappa shape index (κ1) is 12.1. The van der Waals surface area contributed by atoms with Gasteiger partial charge in [0.05, 0.1) is 18.4 Å². The van der Waals surface area contributed by atoms with Gasteiger partial charge >= 0.3 is 0 Å². The van der Waals surface area contributed by atoms with E-state index in [-0.39, 0.29) is 5.91 Å². The van der Waals surface area contributed by atoms with Gasteiger partial charge in [0.1, 0.15) is 11.5 Å². The Morgan fingerprint density at radius 3 is 2.78 bits per heavy atom. The summed E-state index contributed by atoms with van der Waals surface area (Å²) in [7, 11) is 3.69. The summed E-state index contributed by atoms with van der Waals surface area (Å²) in [5.74, 6) is 0.593. The van der Waals surface area contributed by atoms with E-state index < -0.39 is 0 Å². The van der Waals surface area contributed by atoms with Gasteiger partial charge in [0.25, 0.3) is 5.91 Å². The third-order valence-corrected chi connectivity index (χ3v) is 2.61. The Morgan fingerprint density at radius 1 is 1.39 bits per heavy atom. The van der Waals surface area contributed by atoms with E-state index in [1.807, 2.05) is 23.9 Å². The van der Waals surface area contributed by atoms with E-state index in [0.29, 0.717) is 12.2 Å². The third kappa shape index (κ3) is 2.65. The lowest BCUT2D eigenvalue weighted by molar-refractivity contribution is 0.0944. The molecule has 0 saturated carbocycles. The highest BCUT2D eigenvalue weighted by Gasteiger charge is 2.07. The number of anilines is 1. The normalized spacial score (nSPS) is 10.1. The molecule has 0 aliphatic rings. The lowest BCUT2D eigenvalue weighted by Gasteiger charge is -2.05. The van der Waals surface area contributed by atoms with Crippen LogP contribution in [-0.2, 0) is 13.6 Å². The maximum absolute atomic E-state index is 11.8. The zero-order valence-electron chi connectivity index (χ0n) is 10.3. The third-order valence-electron chi connectivity index (χ3n) is 2.61. The highest BCUT2D eigenvalue weighted by molar-refractivity contribution is 5.92. The van der Waals surface area contributed by atoms with E-state index >= 15 is 0 Å².